The number of anilines is 2. The highest BCUT2D eigenvalue weighted by atomic mass is 35.5. The molecule has 154 valence electrons. The van der Waals surface area contributed by atoms with Crippen LogP contribution in [0.1, 0.15) is 53.3 Å². The van der Waals surface area contributed by atoms with E-state index in [1.165, 1.54) is 11.5 Å². The summed E-state index contributed by atoms with van der Waals surface area (Å²) in [7, 11) is 0. The van der Waals surface area contributed by atoms with E-state index < -0.39 is 0 Å². The molecule has 1 atom stereocenters. The van der Waals surface area contributed by atoms with E-state index in [1.54, 1.807) is 12.1 Å². The molecule has 0 amide bonds. The third kappa shape index (κ3) is 6.04. The average molecular weight is 442 g/mol. The number of halogens is 2. The normalized spacial score (nSPS) is 20.1. The van der Waals surface area contributed by atoms with Crippen molar-refractivity contribution in [3.05, 3.63) is 34.1 Å². The average Bonchev–Trinajstić information content (AvgIpc) is 2.94. The van der Waals surface area contributed by atoms with Gasteiger partial charge in [0, 0.05) is 46.8 Å². The lowest BCUT2D eigenvalue weighted by Crippen LogP contribution is -2.62. The van der Waals surface area contributed by atoms with Gasteiger partial charge in [0.15, 0.2) is 0 Å². The fourth-order valence-corrected chi connectivity index (χ4v) is 5.18. The van der Waals surface area contributed by atoms with Crippen LogP contribution >= 0.6 is 34.7 Å². The van der Waals surface area contributed by atoms with Crippen molar-refractivity contribution in [2.75, 3.05) is 5.32 Å². The third-order valence-electron chi connectivity index (χ3n) is 4.84. The Morgan fingerprint density at radius 2 is 1.86 bits per heavy atom. The zero-order valence-corrected chi connectivity index (χ0v) is 19.4. The Morgan fingerprint density at radius 1 is 1.18 bits per heavy atom. The molecule has 28 heavy (non-hydrogen) atoms. The Hall–Kier alpha value is -0.920. The van der Waals surface area contributed by atoms with Gasteiger partial charge in [-0.1, -0.05) is 23.2 Å². The summed E-state index contributed by atoms with van der Waals surface area (Å²) in [6.07, 6.45) is 3.01. The zero-order valence-electron chi connectivity index (χ0n) is 17.1. The van der Waals surface area contributed by atoms with Crippen LogP contribution in [-0.4, -0.2) is 32.5 Å². The second kappa shape index (κ2) is 8.44. The summed E-state index contributed by atoms with van der Waals surface area (Å²) in [5, 5.41) is 12.6. The van der Waals surface area contributed by atoms with Crippen LogP contribution in [0.4, 0.5) is 10.8 Å². The molecule has 2 heterocycles. The number of rotatable bonds is 6. The molecule has 3 N–H and O–H groups in total. The molecule has 3 rings (SSSR count). The smallest absolute Gasteiger partial charge is 0.207 e. The molecule has 5 nitrogen and oxygen atoms in total. The minimum atomic E-state index is 0.134. The number of aromatic nitrogens is 2. The van der Waals surface area contributed by atoms with Gasteiger partial charge < -0.3 is 16.0 Å². The van der Waals surface area contributed by atoms with Crippen LogP contribution in [0.3, 0.4) is 0 Å². The summed E-state index contributed by atoms with van der Waals surface area (Å²) in [5.74, 6) is 0.847. The highest BCUT2D eigenvalue weighted by Gasteiger charge is 2.37. The quantitative estimate of drug-likeness (QED) is 0.558. The summed E-state index contributed by atoms with van der Waals surface area (Å²) in [6, 6.07) is 6.22. The number of nitrogens with one attached hydrogen (secondary N) is 3. The van der Waals surface area contributed by atoms with Gasteiger partial charge in [-0.05, 0) is 65.7 Å². The number of nitrogens with zero attached hydrogens (tertiary/aromatic N) is 2. The van der Waals surface area contributed by atoms with Crippen molar-refractivity contribution in [1.29, 1.82) is 0 Å². The first-order valence-corrected chi connectivity index (χ1v) is 11.1. The monoisotopic (exact) mass is 441 g/mol. The minimum Gasteiger partial charge on any atom is -0.330 e. The predicted octanol–water partition coefficient (Wildman–Crippen LogP) is 5.42. The van der Waals surface area contributed by atoms with E-state index in [1.807, 2.05) is 6.07 Å². The Morgan fingerprint density at radius 3 is 2.50 bits per heavy atom. The number of piperidine rings is 1. The van der Waals surface area contributed by atoms with E-state index >= 15 is 0 Å². The number of benzene rings is 1. The van der Waals surface area contributed by atoms with Crippen LogP contribution in [0.25, 0.3) is 0 Å². The third-order valence-corrected chi connectivity index (χ3v) is 6.25. The van der Waals surface area contributed by atoms with E-state index in [9.17, 15) is 0 Å². The lowest BCUT2D eigenvalue weighted by Gasteiger charge is -2.47. The van der Waals surface area contributed by atoms with Gasteiger partial charge >= 0.3 is 0 Å². The van der Waals surface area contributed by atoms with Crippen molar-refractivity contribution in [1.82, 2.24) is 20.0 Å². The van der Waals surface area contributed by atoms with Crippen molar-refractivity contribution in [2.24, 2.45) is 0 Å². The van der Waals surface area contributed by atoms with Gasteiger partial charge in [-0.15, -0.1) is 0 Å². The standard InChI is InChI=1S/C20H29Cl2N5S/c1-12(23-14-10-19(2,3)27-20(4,5)11-14)8-17-25-18(28-26-17)24-13-6-7-15(21)16(22)9-13/h6-7,9,12,14,23,27H,8,10-11H2,1-5H3,(H,24,25,26). The largest absolute Gasteiger partial charge is 0.330 e. The molecule has 1 fully saturated rings. The zero-order chi connectivity index (χ0) is 20.5. The van der Waals surface area contributed by atoms with Crippen molar-refractivity contribution in [3.8, 4) is 0 Å². The lowest BCUT2D eigenvalue weighted by molar-refractivity contribution is 0.140. The molecule has 0 radical (unpaired) electrons. The number of hydrogen-bond acceptors (Lipinski definition) is 6. The van der Waals surface area contributed by atoms with E-state index in [2.05, 4.69) is 59.9 Å². The fourth-order valence-electron chi connectivity index (χ4n) is 4.26. The number of hydrogen-bond donors (Lipinski definition) is 3. The van der Waals surface area contributed by atoms with E-state index in [0.29, 0.717) is 22.1 Å². The minimum absolute atomic E-state index is 0.134. The van der Waals surface area contributed by atoms with Crippen molar-refractivity contribution in [3.63, 3.8) is 0 Å². The van der Waals surface area contributed by atoms with Crippen molar-refractivity contribution >= 4 is 45.6 Å². The molecule has 0 aliphatic carbocycles. The topological polar surface area (TPSA) is 61.9 Å². The second-order valence-electron chi connectivity index (χ2n) is 9.04. The van der Waals surface area contributed by atoms with Crippen LogP contribution in [0.2, 0.25) is 10.0 Å². The van der Waals surface area contributed by atoms with Crippen LogP contribution in [-0.2, 0) is 6.42 Å². The Balaban J connectivity index is 1.56. The Kier molecular flexibility index (Phi) is 6.57. The highest BCUT2D eigenvalue weighted by Crippen LogP contribution is 2.29. The first-order valence-electron chi connectivity index (χ1n) is 9.61. The molecule has 0 saturated carbocycles. The second-order valence-corrected chi connectivity index (χ2v) is 10.6. The molecule has 1 saturated heterocycles. The predicted molar refractivity (Wildman–Crippen MR) is 120 cm³/mol. The van der Waals surface area contributed by atoms with Gasteiger partial charge in [0.05, 0.1) is 10.0 Å². The fraction of sp³-hybridized carbons (Fsp3) is 0.600. The molecular formula is C20H29Cl2N5S. The molecule has 1 aliphatic heterocycles. The Bertz CT molecular complexity index is 805. The Labute approximate surface area is 181 Å². The summed E-state index contributed by atoms with van der Waals surface area (Å²) >= 11 is 13.4. The van der Waals surface area contributed by atoms with Gasteiger partial charge in [0.1, 0.15) is 5.82 Å². The van der Waals surface area contributed by atoms with Crippen molar-refractivity contribution < 1.29 is 0 Å². The van der Waals surface area contributed by atoms with Gasteiger partial charge in [-0.3, -0.25) is 0 Å². The highest BCUT2D eigenvalue weighted by molar-refractivity contribution is 7.09. The maximum atomic E-state index is 6.07. The van der Waals surface area contributed by atoms with Gasteiger partial charge in [-0.25, -0.2) is 4.98 Å². The van der Waals surface area contributed by atoms with Crippen molar-refractivity contribution in [2.45, 2.75) is 77.0 Å². The van der Waals surface area contributed by atoms with Gasteiger partial charge in [0.25, 0.3) is 0 Å². The summed E-state index contributed by atoms with van der Waals surface area (Å²) in [5.41, 5.74) is 1.12. The van der Waals surface area contributed by atoms with Crippen LogP contribution in [0, 0.1) is 0 Å². The van der Waals surface area contributed by atoms with E-state index in [-0.39, 0.29) is 11.1 Å². The molecule has 8 heteroatoms. The molecule has 2 aromatic rings. The summed E-state index contributed by atoms with van der Waals surface area (Å²) in [6.45, 7) is 11.3. The molecule has 1 aromatic carbocycles. The molecule has 1 aliphatic rings. The maximum absolute atomic E-state index is 6.07. The lowest BCUT2D eigenvalue weighted by atomic mass is 9.79. The molecule has 0 spiro atoms. The molecule has 0 bridgehead atoms. The summed E-state index contributed by atoms with van der Waals surface area (Å²) in [4.78, 5) is 4.62. The van der Waals surface area contributed by atoms with Gasteiger partial charge in [0.2, 0.25) is 5.13 Å². The van der Waals surface area contributed by atoms with Crippen LogP contribution < -0.4 is 16.0 Å². The van der Waals surface area contributed by atoms with Crippen LogP contribution in [0.15, 0.2) is 18.2 Å². The first-order chi connectivity index (χ1) is 13.0. The van der Waals surface area contributed by atoms with Crippen LogP contribution in [0.5, 0.6) is 0 Å². The van der Waals surface area contributed by atoms with Gasteiger partial charge in [-0.2, -0.15) is 4.37 Å². The molecular weight excluding hydrogens is 413 g/mol. The van der Waals surface area contributed by atoms with E-state index in [4.69, 9.17) is 23.2 Å². The van der Waals surface area contributed by atoms with E-state index in [0.717, 1.165) is 35.9 Å². The summed E-state index contributed by atoms with van der Waals surface area (Å²) < 4.78 is 4.50. The maximum Gasteiger partial charge on any atom is 0.207 e. The first kappa shape index (κ1) is 21.8. The SMILES string of the molecule is CC(Cc1nsc(Nc2ccc(Cl)c(Cl)c2)n1)NC1CC(C)(C)NC(C)(C)C1. The molecule has 1 aromatic heterocycles. The molecule has 1 unspecified atom stereocenters.